The molecule has 2 aromatic rings. The first-order valence-electron chi connectivity index (χ1n) is 15.0. The van der Waals surface area contributed by atoms with Gasteiger partial charge < -0.3 is 19.8 Å². The second-order valence-corrected chi connectivity index (χ2v) is 13.8. The minimum Gasteiger partial charge on any atom is -0.394 e. The van der Waals surface area contributed by atoms with Crippen molar-refractivity contribution >= 4 is 45.9 Å². The van der Waals surface area contributed by atoms with Crippen molar-refractivity contribution in [1.82, 2.24) is 9.80 Å². The minimum absolute atomic E-state index is 0.0342. The fourth-order valence-corrected chi connectivity index (χ4v) is 10.1. The summed E-state index contributed by atoms with van der Waals surface area (Å²) < 4.78 is -0.772. The van der Waals surface area contributed by atoms with E-state index in [2.05, 4.69) is 20.1 Å². The average Bonchev–Trinajstić information content (AvgIpc) is 3.59. The molecule has 3 saturated heterocycles. The van der Waals surface area contributed by atoms with Crippen molar-refractivity contribution in [1.29, 1.82) is 0 Å². The van der Waals surface area contributed by atoms with Crippen LogP contribution < -0.4 is 4.90 Å². The molecule has 1 spiro atoms. The molecule has 5 rings (SSSR count). The Kier molecular flexibility index (Phi) is 8.59. The van der Waals surface area contributed by atoms with Gasteiger partial charge in [-0.2, -0.15) is 0 Å². The average molecular weight is 590 g/mol. The molecule has 8 atom stereocenters. The Morgan fingerprint density at radius 3 is 2.48 bits per heavy atom. The number of rotatable bonds is 11. The molecule has 2 bridgehead atoms. The third-order valence-corrected chi connectivity index (χ3v) is 12.0. The summed E-state index contributed by atoms with van der Waals surface area (Å²) in [6.45, 7) is 14.3. The smallest absolute Gasteiger partial charge is 0.251 e. The molecule has 0 radical (unpaired) electrons. The van der Waals surface area contributed by atoms with Gasteiger partial charge in [-0.15, -0.1) is 24.9 Å². The van der Waals surface area contributed by atoms with Crippen LogP contribution >= 0.6 is 11.8 Å². The van der Waals surface area contributed by atoms with E-state index in [4.69, 9.17) is 0 Å². The second-order valence-electron chi connectivity index (χ2n) is 12.2. The lowest BCUT2D eigenvalue weighted by Gasteiger charge is -2.43. The number of carbonyl (C=O) groups excluding carboxylic acids is 3. The third kappa shape index (κ3) is 4.58. The molecular weight excluding hydrogens is 546 g/mol. The first kappa shape index (κ1) is 30.4. The van der Waals surface area contributed by atoms with Crippen LogP contribution in [0.25, 0.3) is 10.8 Å². The maximum atomic E-state index is 15.0. The molecule has 3 amide bonds. The van der Waals surface area contributed by atoms with Crippen LogP contribution in [0.1, 0.15) is 33.6 Å². The number of carbonyl (C=O) groups is 3. The number of hydrogen-bond acceptors (Lipinski definition) is 5. The lowest BCUT2D eigenvalue weighted by atomic mass is 9.65. The molecule has 3 aliphatic heterocycles. The first-order chi connectivity index (χ1) is 20.2. The van der Waals surface area contributed by atoms with Crippen LogP contribution in [-0.2, 0) is 14.4 Å². The van der Waals surface area contributed by atoms with Crippen LogP contribution in [-0.4, -0.2) is 81.5 Å². The van der Waals surface area contributed by atoms with Crippen molar-refractivity contribution in [3.8, 4) is 0 Å². The van der Waals surface area contributed by atoms with Crippen molar-refractivity contribution in [2.24, 2.45) is 23.7 Å². The normalized spacial score (nSPS) is 29.3. The third-order valence-electron chi connectivity index (χ3n) is 9.95. The molecule has 3 fully saturated rings. The minimum atomic E-state index is -0.819. The number of hydrogen-bond donors (Lipinski definition) is 1. The highest BCUT2D eigenvalue weighted by molar-refractivity contribution is 8.02. The van der Waals surface area contributed by atoms with Gasteiger partial charge in [-0.1, -0.05) is 69.7 Å². The van der Waals surface area contributed by atoms with E-state index >= 15 is 4.79 Å². The van der Waals surface area contributed by atoms with E-state index < -0.39 is 28.7 Å². The first-order valence-corrected chi connectivity index (χ1v) is 15.9. The molecule has 3 heterocycles. The number of amides is 3. The molecule has 0 aliphatic carbocycles. The summed E-state index contributed by atoms with van der Waals surface area (Å²) in [5.74, 6) is -1.60. The quantitative estimate of drug-likeness (QED) is 0.383. The number of benzene rings is 2. The van der Waals surface area contributed by atoms with Crippen molar-refractivity contribution in [2.75, 3.05) is 31.6 Å². The molecular formula is C34H43N3O4S. The molecule has 0 aromatic heterocycles. The number of thioether (sulfide) groups is 1. The fourth-order valence-electron chi connectivity index (χ4n) is 7.67. The largest absolute Gasteiger partial charge is 0.394 e. The van der Waals surface area contributed by atoms with Gasteiger partial charge in [-0.3, -0.25) is 14.4 Å². The Morgan fingerprint density at radius 1 is 1.14 bits per heavy atom. The van der Waals surface area contributed by atoms with Gasteiger partial charge in [0.15, 0.2) is 0 Å². The van der Waals surface area contributed by atoms with Crippen molar-refractivity contribution in [2.45, 2.75) is 55.7 Å². The number of nitrogens with zero attached hydrogens (tertiary/aromatic N) is 3. The van der Waals surface area contributed by atoms with Crippen molar-refractivity contribution in [3.63, 3.8) is 0 Å². The predicted octanol–water partition coefficient (Wildman–Crippen LogP) is 4.75. The fraction of sp³-hybridized carbons (Fsp3) is 0.500. The van der Waals surface area contributed by atoms with Crippen LogP contribution in [0, 0.1) is 23.7 Å². The zero-order valence-electron chi connectivity index (χ0n) is 25.1. The lowest BCUT2D eigenvalue weighted by Crippen LogP contribution is -2.60. The summed E-state index contributed by atoms with van der Waals surface area (Å²) in [6.07, 6.45) is 4.90. The Bertz CT molecular complexity index is 1400. The summed E-state index contributed by atoms with van der Waals surface area (Å²) in [5, 5.41) is 12.7. The molecule has 42 heavy (non-hydrogen) atoms. The van der Waals surface area contributed by atoms with Gasteiger partial charge in [0, 0.05) is 31.1 Å². The van der Waals surface area contributed by atoms with Gasteiger partial charge in [0.1, 0.15) is 6.04 Å². The van der Waals surface area contributed by atoms with Gasteiger partial charge in [0.05, 0.1) is 29.2 Å². The molecule has 0 saturated carbocycles. The van der Waals surface area contributed by atoms with Crippen molar-refractivity contribution < 1.29 is 19.5 Å². The van der Waals surface area contributed by atoms with E-state index in [9.17, 15) is 14.7 Å². The summed E-state index contributed by atoms with van der Waals surface area (Å²) >= 11 is 1.66. The maximum absolute atomic E-state index is 15.0. The summed E-state index contributed by atoms with van der Waals surface area (Å²) in [7, 11) is 1.75. The van der Waals surface area contributed by atoms with E-state index in [-0.39, 0.29) is 48.0 Å². The predicted molar refractivity (Wildman–Crippen MR) is 170 cm³/mol. The molecule has 2 aromatic carbocycles. The zero-order chi connectivity index (χ0) is 30.3. The topological polar surface area (TPSA) is 81.2 Å². The molecule has 7 nitrogen and oxygen atoms in total. The van der Waals surface area contributed by atoms with Crippen LogP contribution in [0.3, 0.4) is 0 Å². The van der Waals surface area contributed by atoms with Crippen LogP contribution in [0.15, 0.2) is 67.8 Å². The Labute approximate surface area is 253 Å². The number of likely N-dealkylation sites (tertiary alicyclic amines) is 1. The lowest BCUT2D eigenvalue weighted by molar-refractivity contribution is -0.145. The van der Waals surface area contributed by atoms with E-state index in [1.807, 2.05) is 56.3 Å². The van der Waals surface area contributed by atoms with E-state index in [1.54, 1.807) is 45.7 Å². The molecule has 1 N–H and O–H groups in total. The van der Waals surface area contributed by atoms with Gasteiger partial charge >= 0.3 is 0 Å². The highest BCUT2D eigenvalue weighted by Crippen LogP contribution is 2.69. The molecule has 3 unspecified atom stereocenters. The number of aliphatic hydroxyl groups excluding tert-OH is 1. The Hall–Kier alpha value is -3.10. The molecule has 3 aliphatic rings. The second kappa shape index (κ2) is 11.9. The van der Waals surface area contributed by atoms with Gasteiger partial charge in [-0.05, 0) is 41.2 Å². The number of aliphatic hydroxyl groups is 1. The van der Waals surface area contributed by atoms with Gasteiger partial charge in [0.2, 0.25) is 11.8 Å². The van der Waals surface area contributed by atoms with Crippen molar-refractivity contribution in [3.05, 3.63) is 67.8 Å². The summed E-state index contributed by atoms with van der Waals surface area (Å²) in [6, 6.07) is 12.6. The molecule has 224 valence electrons. The monoisotopic (exact) mass is 589 g/mol. The summed E-state index contributed by atoms with van der Waals surface area (Å²) in [4.78, 5) is 48.6. The van der Waals surface area contributed by atoms with Crippen LogP contribution in [0.2, 0.25) is 0 Å². The van der Waals surface area contributed by atoms with Gasteiger partial charge in [0.25, 0.3) is 5.91 Å². The van der Waals surface area contributed by atoms with E-state index in [0.29, 0.717) is 6.54 Å². The highest BCUT2D eigenvalue weighted by atomic mass is 32.2. The van der Waals surface area contributed by atoms with Gasteiger partial charge in [-0.25, -0.2) is 0 Å². The highest BCUT2D eigenvalue weighted by Gasteiger charge is 2.77. The van der Waals surface area contributed by atoms with Crippen LogP contribution in [0.4, 0.5) is 5.69 Å². The Morgan fingerprint density at radius 2 is 1.83 bits per heavy atom. The Balaban J connectivity index is 1.65. The standard InChI is InChI=1S/C34H43N3O4S/c1-7-16-35(6)31(39)28-27-18-22(5)34(42-27)29(28)32(40)37(26(20-38)21(4)9-3)30(34)33(41)36(17-8-2)25-15-14-23-12-10-11-13-24(23)19-25/h7-8,10-15,19,21-22,26-30,38H,1-2,9,16-18,20H2,3-6H3/t21-,22?,26-,27-,28+,29-,30?,34?/m0/s1. The number of likely N-dealkylation sites (N-methyl/N-ethyl adjacent to an activating group) is 1. The van der Waals surface area contributed by atoms with Crippen LogP contribution in [0.5, 0.6) is 0 Å². The number of fused-ring (bicyclic) bond motifs is 2. The molecule has 8 heteroatoms. The number of anilines is 1. The summed E-state index contributed by atoms with van der Waals surface area (Å²) in [5.41, 5.74) is 0.735. The zero-order valence-corrected chi connectivity index (χ0v) is 25.9. The van der Waals surface area contributed by atoms with E-state index in [0.717, 1.165) is 29.3 Å². The van der Waals surface area contributed by atoms with E-state index in [1.165, 1.54) is 0 Å². The SMILES string of the molecule is C=CCN(C)C(=O)[C@@H]1[C@@H]2CC(C)C3(S2)C(C(=O)N(CC=C)c2ccc4ccccc4c2)N([C@@H](CO)[C@@H](C)CC)C(=O)[C@H]13. The maximum Gasteiger partial charge on any atom is 0.251 e.